The number of halogens is 2. The summed E-state index contributed by atoms with van der Waals surface area (Å²) >= 11 is 0. The number of nitrogens with zero attached hydrogens (tertiary/aromatic N) is 2. The van der Waals surface area contributed by atoms with Gasteiger partial charge in [-0.1, -0.05) is 5.16 Å². The zero-order valence-electron chi connectivity index (χ0n) is 11.3. The van der Waals surface area contributed by atoms with E-state index in [2.05, 4.69) is 10.5 Å². The van der Waals surface area contributed by atoms with Crippen molar-refractivity contribution < 1.29 is 28.6 Å². The van der Waals surface area contributed by atoms with Crippen LogP contribution < -0.4 is 5.32 Å². The number of aliphatic hydroxyl groups excluding tert-OH is 1. The summed E-state index contributed by atoms with van der Waals surface area (Å²) in [6.45, 7) is 0.156. The number of oxime groups is 1. The molecule has 0 radical (unpaired) electrons. The maximum atomic E-state index is 14.2. The second-order valence-corrected chi connectivity index (χ2v) is 4.30. The van der Waals surface area contributed by atoms with Gasteiger partial charge in [0.15, 0.2) is 23.8 Å². The van der Waals surface area contributed by atoms with Crippen LogP contribution in [0.3, 0.4) is 0 Å². The van der Waals surface area contributed by atoms with Gasteiger partial charge in [-0.05, 0) is 6.07 Å². The highest BCUT2D eigenvalue weighted by molar-refractivity contribution is 5.99. The Morgan fingerprint density at radius 1 is 1.41 bits per heavy atom. The van der Waals surface area contributed by atoms with Gasteiger partial charge in [0, 0.05) is 12.1 Å². The van der Waals surface area contributed by atoms with Crippen molar-refractivity contribution in [3.05, 3.63) is 34.4 Å². The SMILES string of the molecule is N#Cc1c(F)c(/C(=N/O)NCCO)cc(C2OCCO2)c1F. The number of nitrogens with one attached hydrogen (secondary N) is 1. The summed E-state index contributed by atoms with van der Waals surface area (Å²) < 4.78 is 38.7. The highest BCUT2D eigenvalue weighted by Crippen LogP contribution is 2.30. The van der Waals surface area contributed by atoms with Crippen LogP contribution >= 0.6 is 0 Å². The van der Waals surface area contributed by atoms with Crippen LogP contribution in [0.25, 0.3) is 0 Å². The number of benzene rings is 1. The van der Waals surface area contributed by atoms with Crippen molar-refractivity contribution >= 4 is 5.84 Å². The lowest BCUT2D eigenvalue weighted by atomic mass is 10.0. The van der Waals surface area contributed by atoms with Crippen LogP contribution in [0, 0.1) is 23.0 Å². The summed E-state index contributed by atoms with van der Waals surface area (Å²) in [7, 11) is 0. The average molecular weight is 313 g/mol. The maximum absolute atomic E-state index is 14.2. The molecular formula is C13H13F2N3O4. The summed E-state index contributed by atoms with van der Waals surface area (Å²) in [5.41, 5.74) is -1.33. The first kappa shape index (κ1) is 16.1. The van der Waals surface area contributed by atoms with Crippen LogP contribution in [0.2, 0.25) is 0 Å². The zero-order chi connectivity index (χ0) is 16.1. The van der Waals surface area contributed by atoms with Gasteiger partial charge in [-0.25, -0.2) is 8.78 Å². The fourth-order valence-electron chi connectivity index (χ4n) is 2.00. The molecule has 1 saturated heterocycles. The van der Waals surface area contributed by atoms with Gasteiger partial charge in [0.25, 0.3) is 0 Å². The monoisotopic (exact) mass is 313 g/mol. The molecule has 0 amide bonds. The minimum atomic E-state index is -1.18. The van der Waals surface area contributed by atoms with Crippen molar-refractivity contribution in [2.45, 2.75) is 6.29 Å². The number of rotatable bonds is 4. The molecule has 0 saturated carbocycles. The molecule has 0 aliphatic carbocycles. The molecule has 0 aromatic heterocycles. The molecule has 1 aliphatic heterocycles. The Morgan fingerprint density at radius 2 is 2.09 bits per heavy atom. The molecule has 1 fully saturated rings. The third-order valence-electron chi connectivity index (χ3n) is 2.98. The normalized spacial score (nSPS) is 15.8. The molecule has 1 aromatic carbocycles. The van der Waals surface area contributed by atoms with Gasteiger partial charge in [-0.3, -0.25) is 0 Å². The van der Waals surface area contributed by atoms with Gasteiger partial charge in [-0.15, -0.1) is 0 Å². The van der Waals surface area contributed by atoms with E-state index in [9.17, 15) is 8.78 Å². The molecule has 1 heterocycles. The molecule has 0 unspecified atom stereocenters. The van der Waals surface area contributed by atoms with E-state index in [1.54, 1.807) is 0 Å². The Morgan fingerprint density at radius 3 is 2.64 bits per heavy atom. The molecule has 7 nitrogen and oxygen atoms in total. The van der Waals surface area contributed by atoms with Crippen LogP contribution in [0.5, 0.6) is 0 Å². The van der Waals surface area contributed by atoms with Crippen LogP contribution in [0.1, 0.15) is 23.0 Å². The minimum Gasteiger partial charge on any atom is -0.409 e. The van der Waals surface area contributed by atoms with E-state index in [1.807, 2.05) is 0 Å². The molecule has 0 atom stereocenters. The highest BCUT2D eigenvalue weighted by atomic mass is 19.1. The van der Waals surface area contributed by atoms with Gasteiger partial charge >= 0.3 is 0 Å². The third-order valence-corrected chi connectivity index (χ3v) is 2.98. The summed E-state index contributed by atoms with van der Waals surface area (Å²) in [4.78, 5) is 0. The summed E-state index contributed by atoms with van der Waals surface area (Å²) in [5, 5.41) is 32.0. The highest BCUT2D eigenvalue weighted by Gasteiger charge is 2.28. The molecule has 1 aliphatic rings. The van der Waals surface area contributed by atoms with Crippen molar-refractivity contribution in [2.24, 2.45) is 5.16 Å². The van der Waals surface area contributed by atoms with E-state index < -0.39 is 23.5 Å². The van der Waals surface area contributed by atoms with Crippen molar-refractivity contribution in [3.63, 3.8) is 0 Å². The van der Waals surface area contributed by atoms with Crippen molar-refractivity contribution in [3.8, 4) is 6.07 Å². The standard InChI is InChI=1S/C13H13F2N3O4/c14-10-7(12(18-20)17-1-2-19)5-8(11(15)9(10)6-16)13-21-3-4-22-13/h5,13,19-20H,1-4H2,(H,17,18). The predicted molar refractivity (Wildman–Crippen MR) is 69.1 cm³/mol. The summed E-state index contributed by atoms with van der Waals surface area (Å²) in [5.74, 6) is -2.61. The van der Waals surface area contributed by atoms with Gasteiger partial charge in [0.05, 0.1) is 25.4 Å². The number of hydrogen-bond donors (Lipinski definition) is 3. The molecule has 9 heteroatoms. The third kappa shape index (κ3) is 2.99. The number of aliphatic hydroxyl groups is 1. The molecule has 22 heavy (non-hydrogen) atoms. The second-order valence-electron chi connectivity index (χ2n) is 4.30. The van der Waals surface area contributed by atoms with Crippen LogP contribution in [-0.4, -0.2) is 42.5 Å². The van der Waals surface area contributed by atoms with Crippen LogP contribution in [0.4, 0.5) is 8.78 Å². The smallest absolute Gasteiger partial charge is 0.186 e. The first-order valence-corrected chi connectivity index (χ1v) is 6.36. The first-order chi connectivity index (χ1) is 10.6. The molecule has 0 spiro atoms. The van der Waals surface area contributed by atoms with E-state index in [-0.39, 0.29) is 43.3 Å². The van der Waals surface area contributed by atoms with E-state index in [1.165, 1.54) is 6.07 Å². The molecule has 3 N–H and O–H groups in total. The minimum absolute atomic E-state index is 0.0239. The zero-order valence-corrected chi connectivity index (χ0v) is 11.3. The molecule has 118 valence electrons. The Bertz CT molecular complexity index is 625. The Kier molecular flexibility index (Phi) is 5.21. The van der Waals surface area contributed by atoms with E-state index in [0.717, 1.165) is 6.07 Å². The number of ether oxygens (including phenoxy) is 2. The van der Waals surface area contributed by atoms with E-state index in [4.69, 9.17) is 25.0 Å². The topological polar surface area (TPSA) is 107 Å². The van der Waals surface area contributed by atoms with Gasteiger partial charge in [0.1, 0.15) is 11.6 Å². The molecule has 1 aromatic rings. The lowest BCUT2D eigenvalue weighted by Crippen LogP contribution is -2.29. The van der Waals surface area contributed by atoms with E-state index in [0.29, 0.717) is 0 Å². The summed E-state index contributed by atoms with van der Waals surface area (Å²) in [6, 6.07) is 2.47. The van der Waals surface area contributed by atoms with Crippen molar-refractivity contribution in [1.29, 1.82) is 5.26 Å². The van der Waals surface area contributed by atoms with Crippen molar-refractivity contribution in [2.75, 3.05) is 26.4 Å². The fraction of sp³-hybridized carbons (Fsp3) is 0.385. The lowest BCUT2D eigenvalue weighted by Gasteiger charge is -2.15. The van der Waals surface area contributed by atoms with Crippen LogP contribution in [0.15, 0.2) is 11.2 Å². The maximum Gasteiger partial charge on any atom is 0.186 e. The second kappa shape index (κ2) is 7.13. The number of nitriles is 1. The summed E-state index contributed by atoms with van der Waals surface area (Å²) in [6.07, 6.45) is -1.07. The lowest BCUT2D eigenvalue weighted by molar-refractivity contribution is -0.0465. The van der Waals surface area contributed by atoms with Gasteiger partial charge in [-0.2, -0.15) is 5.26 Å². The first-order valence-electron chi connectivity index (χ1n) is 6.36. The average Bonchev–Trinajstić information content (AvgIpc) is 3.04. The predicted octanol–water partition coefficient (Wildman–Crippen LogP) is 0.600. The number of amidine groups is 1. The van der Waals surface area contributed by atoms with Gasteiger partial charge in [0.2, 0.25) is 0 Å². The molecule has 2 rings (SSSR count). The Hall–Kier alpha value is -2.28. The number of hydrogen-bond acceptors (Lipinski definition) is 6. The Balaban J connectivity index is 2.53. The largest absolute Gasteiger partial charge is 0.409 e. The van der Waals surface area contributed by atoms with Crippen molar-refractivity contribution in [1.82, 2.24) is 5.32 Å². The Labute approximate surface area is 124 Å². The van der Waals surface area contributed by atoms with Gasteiger partial charge < -0.3 is 25.1 Å². The molecule has 0 bridgehead atoms. The van der Waals surface area contributed by atoms with E-state index >= 15 is 0 Å². The molecular weight excluding hydrogens is 300 g/mol. The quantitative estimate of drug-likeness (QED) is 0.325. The fourth-order valence-corrected chi connectivity index (χ4v) is 2.00. The van der Waals surface area contributed by atoms with Crippen LogP contribution in [-0.2, 0) is 9.47 Å².